The Morgan fingerprint density at radius 1 is 0.700 bits per heavy atom. The number of benzene rings is 5. The molecule has 9 rings (SSSR count). The second kappa shape index (κ2) is 25.2. The lowest BCUT2D eigenvalue weighted by molar-refractivity contribution is -0.128. The van der Waals surface area contributed by atoms with Crippen molar-refractivity contribution in [2.24, 2.45) is 27.4 Å². The number of hydrogen-bond donors (Lipinski definition) is 5. The Morgan fingerprint density at radius 3 is 1.70 bits per heavy atom. The minimum absolute atomic E-state index is 0.0157. The van der Waals surface area contributed by atoms with Crippen LogP contribution in [0.4, 0.5) is 26.7 Å². The van der Waals surface area contributed by atoms with Gasteiger partial charge in [0.2, 0.25) is 11.8 Å². The maximum Gasteiger partial charge on any atom is 0.410 e. The van der Waals surface area contributed by atoms with Crippen LogP contribution in [-0.2, 0) is 46.9 Å². The summed E-state index contributed by atoms with van der Waals surface area (Å²) >= 11 is 0. The van der Waals surface area contributed by atoms with Gasteiger partial charge in [-0.1, -0.05) is 74.5 Å². The topological polar surface area (TPSA) is 271 Å². The van der Waals surface area contributed by atoms with Crippen molar-refractivity contribution in [3.05, 3.63) is 136 Å². The molecule has 7 N–H and O–H groups in total. The minimum atomic E-state index is -0.962. The summed E-state index contributed by atoms with van der Waals surface area (Å²) in [6.07, 6.45) is 4.72. The van der Waals surface area contributed by atoms with Crippen LogP contribution in [0, 0.1) is 5.92 Å². The monoisotopic (exact) mass is 1090 g/mol. The van der Waals surface area contributed by atoms with Gasteiger partial charge in [-0.3, -0.25) is 29.2 Å². The molecule has 4 atom stereocenters. The number of fused-ring (bicyclic) bond motifs is 6. The molecule has 0 radical (unpaired) electrons. The maximum atomic E-state index is 14.1. The molecule has 0 saturated carbocycles. The summed E-state index contributed by atoms with van der Waals surface area (Å²) in [5, 5.41) is 8.02. The number of urea groups is 1. The third-order valence-corrected chi connectivity index (χ3v) is 14.6. The van der Waals surface area contributed by atoms with Crippen molar-refractivity contribution in [1.29, 1.82) is 0 Å². The fourth-order valence-corrected chi connectivity index (χ4v) is 9.98. The number of hydrogen-bond acceptors (Lipinski definition) is 14. The lowest BCUT2D eigenvalue weighted by atomic mass is 9.94. The first-order valence-corrected chi connectivity index (χ1v) is 26.6. The zero-order valence-electron chi connectivity index (χ0n) is 45.1. The highest BCUT2D eigenvalue weighted by molar-refractivity contribution is 6.04. The number of nitrogens with two attached hydrogens (primary N) is 2. The third-order valence-electron chi connectivity index (χ3n) is 14.6. The lowest BCUT2D eigenvalue weighted by Crippen LogP contribution is -2.51. The first-order valence-electron chi connectivity index (χ1n) is 26.6. The molecule has 0 aromatic heterocycles. The Morgan fingerprint density at radius 2 is 1.21 bits per heavy atom. The van der Waals surface area contributed by atoms with E-state index >= 15 is 0 Å². The summed E-state index contributed by atoms with van der Waals surface area (Å²) in [6, 6.07) is 26.4. The summed E-state index contributed by atoms with van der Waals surface area (Å²) < 4.78 is 29.9. The summed E-state index contributed by atoms with van der Waals surface area (Å²) in [5.74, 6) is -0.253. The van der Waals surface area contributed by atoms with E-state index in [9.17, 15) is 28.8 Å². The second-order valence-corrected chi connectivity index (χ2v) is 20.2. The average molecular weight is 1090 g/mol. The number of carbonyl (C=O) groups excluding carboxylic acids is 6. The molecule has 7 amide bonds. The number of amides is 7. The van der Waals surface area contributed by atoms with Gasteiger partial charge < -0.3 is 65.8 Å². The van der Waals surface area contributed by atoms with Gasteiger partial charge in [-0.05, 0) is 83.7 Å². The Balaban J connectivity index is 0.883. The van der Waals surface area contributed by atoms with Crippen LogP contribution < -0.4 is 46.4 Å². The molecule has 4 aliphatic heterocycles. The van der Waals surface area contributed by atoms with Crippen molar-refractivity contribution in [2.75, 3.05) is 52.4 Å². The van der Waals surface area contributed by atoms with Crippen LogP contribution in [0.25, 0.3) is 0 Å². The smallest absolute Gasteiger partial charge is 0.410 e. The molecule has 418 valence electrons. The molecule has 0 saturated heterocycles. The number of ether oxygens (including phenoxy) is 5. The van der Waals surface area contributed by atoms with Crippen molar-refractivity contribution < 1.29 is 52.5 Å². The fraction of sp³-hybridized carbons (Fsp3) is 0.356. The number of rotatable bonds is 21. The van der Waals surface area contributed by atoms with E-state index in [0.29, 0.717) is 89.1 Å². The second-order valence-electron chi connectivity index (χ2n) is 20.2. The van der Waals surface area contributed by atoms with E-state index in [2.05, 4.69) is 28.1 Å². The van der Waals surface area contributed by atoms with Gasteiger partial charge in [0.1, 0.15) is 25.9 Å². The van der Waals surface area contributed by atoms with E-state index in [1.165, 1.54) is 30.2 Å². The van der Waals surface area contributed by atoms with Crippen LogP contribution in [-0.4, -0.2) is 134 Å². The van der Waals surface area contributed by atoms with E-state index < -0.39 is 36.0 Å². The number of nitrogens with one attached hydrogen (secondary N) is 3. The Labute approximate surface area is 463 Å². The highest BCUT2D eigenvalue weighted by atomic mass is 16.6. The Bertz CT molecular complexity index is 3060. The molecule has 0 spiro atoms. The number of primary amides is 1. The van der Waals surface area contributed by atoms with Crippen LogP contribution in [0.1, 0.15) is 75.2 Å². The Hall–Kier alpha value is -8.98. The maximum absolute atomic E-state index is 14.1. The van der Waals surface area contributed by atoms with Crippen molar-refractivity contribution in [3.63, 3.8) is 0 Å². The highest BCUT2D eigenvalue weighted by Crippen LogP contribution is 2.40. The molecule has 0 aliphatic carbocycles. The number of methoxy groups -OCH3 is 2. The SMILES string of the molecule is COc1cc2c(cc1OCCN(CCOc1cc3c(cc1OC)C(=O)N1Cc4ccccc4C[C@H]1C=N3)C(=O)OCc1ccc(NC(=O)[C@H](CCCNC(N)=O)NC(=O)[C@@H](N)C(C)C)cc1)N=CC1Cc3ccccc3CN1C2=O. The molecule has 5 aromatic rings. The van der Waals surface area contributed by atoms with Crippen LogP contribution in [0.15, 0.2) is 107 Å². The molecule has 5 aromatic carbocycles. The molecule has 0 bridgehead atoms. The van der Waals surface area contributed by atoms with Gasteiger partial charge >= 0.3 is 12.1 Å². The molecule has 4 aliphatic rings. The van der Waals surface area contributed by atoms with Crippen LogP contribution in [0.5, 0.6) is 23.0 Å². The third kappa shape index (κ3) is 13.0. The molecule has 1 unspecified atom stereocenters. The fourth-order valence-electron chi connectivity index (χ4n) is 9.98. The van der Waals surface area contributed by atoms with Crippen molar-refractivity contribution >= 4 is 65.2 Å². The van der Waals surface area contributed by atoms with E-state index in [1.54, 1.807) is 74.8 Å². The van der Waals surface area contributed by atoms with Crippen molar-refractivity contribution in [3.8, 4) is 23.0 Å². The number of carbonyl (C=O) groups is 6. The van der Waals surface area contributed by atoms with E-state index in [-0.39, 0.29) is 75.7 Å². The molecule has 21 heteroatoms. The number of aliphatic imine (C=N–C) groups is 2. The summed E-state index contributed by atoms with van der Waals surface area (Å²) in [7, 11) is 2.97. The van der Waals surface area contributed by atoms with Gasteiger partial charge in [0, 0.05) is 49.9 Å². The molecule has 4 heterocycles. The van der Waals surface area contributed by atoms with E-state index in [4.69, 9.17) is 45.1 Å². The number of nitrogens with zero attached hydrogens (tertiary/aromatic N) is 5. The minimum Gasteiger partial charge on any atom is -0.493 e. The predicted octanol–water partition coefficient (Wildman–Crippen LogP) is 6.22. The van der Waals surface area contributed by atoms with Gasteiger partial charge in [0.05, 0.1) is 67.9 Å². The quantitative estimate of drug-likeness (QED) is 0.0513. The molecule has 21 nitrogen and oxygen atoms in total. The summed E-state index contributed by atoms with van der Waals surface area (Å²) in [6.45, 7) is 4.51. The first-order chi connectivity index (χ1) is 38.7. The molecule has 0 fully saturated rings. The predicted molar refractivity (Wildman–Crippen MR) is 299 cm³/mol. The zero-order valence-corrected chi connectivity index (χ0v) is 45.1. The van der Waals surface area contributed by atoms with Crippen molar-refractivity contribution in [1.82, 2.24) is 25.3 Å². The van der Waals surface area contributed by atoms with E-state index in [1.807, 2.05) is 46.2 Å². The van der Waals surface area contributed by atoms with Gasteiger partial charge in [-0.15, -0.1) is 0 Å². The zero-order chi connectivity index (χ0) is 56.5. The Kier molecular flexibility index (Phi) is 17.6. The standard InChI is InChI=1S/C59H66N10O11/c1-35(2)53(60)55(71)66-46(14-9-19-62-58(61)74)54(70)65-41-17-15-36(16-18-41)34-80-59(75)67(20-22-78-51-28-47-44(26-49(51)76-3)56(72)68-32-39-12-7-5-10-37(39)24-42(68)30-63-47)21-23-79-52-29-48-45(27-50(52)77-4)57(73)69-33-40-13-8-6-11-38(40)25-43(69)31-64-48/h5-8,10-13,15-18,26-31,35,42-43,46,53H,9,14,19-25,32-34,60H2,1-4H3,(H,65,70)(H,66,71)(H3,61,62,74)/t42-,43?,46-,53-/m0/s1. The largest absolute Gasteiger partial charge is 0.493 e. The van der Waals surface area contributed by atoms with Gasteiger partial charge in [-0.25, -0.2) is 9.59 Å². The summed E-state index contributed by atoms with van der Waals surface area (Å²) in [4.78, 5) is 94.3. The van der Waals surface area contributed by atoms with Crippen molar-refractivity contribution in [2.45, 2.75) is 83.4 Å². The first kappa shape index (κ1) is 55.8. The molecular formula is C59H66N10O11. The van der Waals surface area contributed by atoms with Crippen LogP contribution >= 0.6 is 0 Å². The lowest BCUT2D eigenvalue weighted by Gasteiger charge is -2.34. The number of anilines is 1. The van der Waals surface area contributed by atoms with Crippen LogP contribution in [0.3, 0.4) is 0 Å². The van der Waals surface area contributed by atoms with Crippen LogP contribution in [0.2, 0.25) is 0 Å². The average Bonchev–Trinajstić information content (AvgIpc) is 3.75. The molecular weight excluding hydrogens is 1020 g/mol. The van der Waals surface area contributed by atoms with E-state index in [0.717, 1.165) is 11.1 Å². The van der Waals surface area contributed by atoms with Gasteiger partial charge in [0.15, 0.2) is 23.0 Å². The molecule has 80 heavy (non-hydrogen) atoms. The highest BCUT2D eigenvalue weighted by Gasteiger charge is 2.35. The van der Waals surface area contributed by atoms with Gasteiger partial charge in [0.25, 0.3) is 11.8 Å². The summed E-state index contributed by atoms with van der Waals surface area (Å²) in [5.41, 5.74) is 18.4. The normalized spacial score (nSPS) is 16.4. The van der Waals surface area contributed by atoms with Gasteiger partial charge in [-0.2, -0.15) is 0 Å².